The zero-order chi connectivity index (χ0) is 14.7. The van der Waals surface area contributed by atoms with Gasteiger partial charge in [-0.25, -0.2) is 0 Å². The van der Waals surface area contributed by atoms with Crippen molar-refractivity contribution in [2.24, 2.45) is 0 Å². The van der Waals surface area contributed by atoms with Crippen LogP contribution in [-0.4, -0.2) is 29.8 Å². The van der Waals surface area contributed by atoms with Crippen LogP contribution in [0, 0.1) is 0 Å². The predicted octanol–water partition coefficient (Wildman–Crippen LogP) is 5.01. The first kappa shape index (κ1) is 16.0. The second-order valence-electron chi connectivity index (χ2n) is 5.77. The molecule has 3 rings (SSSR count). The van der Waals surface area contributed by atoms with Gasteiger partial charge in [0, 0.05) is 18.7 Å². The molecule has 0 bridgehead atoms. The normalized spacial score (nSPS) is 25.0. The van der Waals surface area contributed by atoms with Crippen LogP contribution in [0.5, 0.6) is 5.75 Å². The third kappa shape index (κ3) is 3.90. The summed E-state index contributed by atoms with van der Waals surface area (Å²) >= 11 is 11.5. The van der Waals surface area contributed by atoms with E-state index < -0.39 is 0 Å². The van der Waals surface area contributed by atoms with Crippen molar-refractivity contribution in [1.82, 2.24) is 0 Å². The second-order valence-corrected chi connectivity index (χ2v) is 8.12. The van der Waals surface area contributed by atoms with Crippen molar-refractivity contribution in [2.75, 3.05) is 18.1 Å². The Labute approximate surface area is 144 Å². The van der Waals surface area contributed by atoms with E-state index in [4.69, 9.17) is 21.1 Å². The van der Waals surface area contributed by atoms with Crippen LogP contribution < -0.4 is 4.74 Å². The van der Waals surface area contributed by atoms with Gasteiger partial charge in [-0.3, -0.25) is 0 Å². The summed E-state index contributed by atoms with van der Waals surface area (Å²) < 4.78 is 13.3. The fraction of sp³-hybridized carbons (Fsp3) is 0.625. The summed E-state index contributed by atoms with van der Waals surface area (Å²) in [7, 11) is 0. The van der Waals surface area contributed by atoms with E-state index in [1.54, 1.807) is 0 Å². The number of hydrogen-bond donors (Lipinski definition) is 0. The molecule has 0 aliphatic carbocycles. The summed E-state index contributed by atoms with van der Waals surface area (Å²) in [5.74, 6) is 3.86. The van der Waals surface area contributed by atoms with E-state index in [9.17, 15) is 0 Å². The minimum atomic E-state index is 0.0662. The smallest absolute Gasteiger partial charge is 0.133 e. The van der Waals surface area contributed by atoms with E-state index in [2.05, 4.69) is 15.9 Å². The molecule has 2 heterocycles. The molecule has 1 aromatic carbocycles. The molecule has 1 unspecified atom stereocenters. The Morgan fingerprint density at radius 2 is 2.19 bits per heavy atom. The van der Waals surface area contributed by atoms with Crippen molar-refractivity contribution < 1.29 is 9.47 Å². The molecule has 2 aliphatic rings. The largest absolute Gasteiger partial charge is 0.489 e. The number of alkyl halides is 1. The van der Waals surface area contributed by atoms with Crippen LogP contribution in [0.15, 0.2) is 22.7 Å². The third-order valence-corrected chi connectivity index (χ3v) is 6.21. The highest BCUT2D eigenvalue weighted by Gasteiger charge is 2.39. The van der Waals surface area contributed by atoms with Gasteiger partial charge in [0.15, 0.2) is 0 Å². The standard InChI is InChI=1S/C16H20BrClO2S/c17-14-9-12(11-18)1-2-15(14)20-13-3-6-19-16(10-13)4-7-21-8-5-16/h1-2,9,13H,3-8,10-11H2. The molecule has 116 valence electrons. The van der Waals surface area contributed by atoms with E-state index in [0.717, 1.165) is 48.1 Å². The van der Waals surface area contributed by atoms with Crippen LogP contribution >= 0.6 is 39.3 Å². The van der Waals surface area contributed by atoms with Gasteiger partial charge < -0.3 is 9.47 Å². The monoisotopic (exact) mass is 390 g/mol. The highest BCUT2D eigenvalue weighted by atomic mass is 79.9. The third-order valence-electron chi connectivity index (χ3n) is 4.30. The fourth-order valence-electron chi connectivity index (χ4n) is 3.08. The van der Waals surface area contributed by atoms with Crippen LogP contribution in [0.25, 0.3) is 0 Å². The number of thioether (sulfide) groups is 1. The number of rotatable bonds is 3. The van der Waals surface area contributed by atoms with Crippen LogP contribution in [0.4, 0.5) is 0 Å². The van der Waals surface area contributed by atoms with Gasteiger partial charge in [0.25, 0.3) is 0 Å². The van der Waals surface area contributed by atoms with E-state index in [0.29, 0.717) is 5.88 Å². The molecule has 0 radical (unpaired) electrons. The Morgan fingerprint density at radius 3 is 2.90 bits per heavy atom. The van der Waals surface area contributed by atoms with Gasteiger partial charge in [-0.05, 0) is 58.0 Å². The Kier molecular flexibility index (Phi) is 5.41. The van der Waals surface area contributed by atoms with E-state index >= 15 is 0 Å². The molecule has 1 atom stereocenters. The van der Waals surface area contributed by atoms with Gasteiger partial charge >= 0.3 is 0 Å². The molecular formula is C16H20BrClO2S. The SMILES string of the molecule is ClCc1ccc(OC2CCOC3(CCSCC3)C2)c(Br)c1. The van der Waals surface area contributed by atoms with Crippen molar-refractivity contribution in [3.63, 3.8) is 0 Å². The first-order chi connectivity index (χ1) is 10.2. The van der Waals surface area contributed by atoms with E-state index in [-0.39, 0.29) is 11.7 Å². The zero-order valence-electron chi connectivity index (χ0n) is 11.9. The molecule has 0 amide bonds. The number of ether oxygens (including phenoxy) is 2. The van der Waals surface area contributed by atoms with Gasteiger partial charge in [-0.15, -0.1) is 11.6 Å². The predicted molar refractivity (Wildman–Crippen MR) is 92.6 cm³/mol. The van der Waals surface area contributed by atoms with Gasteiger partial charge in [0.1, 0.15) is 11.9 Å². The Balaban J connectivity index is 1.67. The maximum absolute atomic E-state index is 6.24. The minimum Gasteiger partial charge on any atom is -0.489 e. The Hall–Kier alpha value is 0.1000. The number of benzene rings is 1. The molecule has 0 saturated carbocycles. The molecule has 2 saturated heterocycles. The van der Waals surface area contributed by atoms with Gasteiger partial charge in [0.2, 0.25) is 0 Å². The van der Waals surface area contributed by atoms with Crippen LogP contribution in [0.1, 0.15) is 31.2 Å². The summed E-state index contributed by atoms with van der Waals surface area (Å²) in [6.45, 7) is 0.812. The van der Waals surface area contributed by atoms with Crippen molar-refractivity contribution in [2.45, 2.75) is 43.3 Å². The van der Waals surface area contributed by atoms with Gasteiger partial charge in [-0.2, -0.15) is 11.8 Å². The summed E-state index contributed by atoms with van der Waals surface area (Å²) in [5, 5.41) is 0. The number of hydrogen-bond acceptors (Lipinski definition) is 3. The molecule has 1 aromatic rings. The van der Waals surface area contributed by atoms with Crippen molar-refractivity contribution in [1.29, 1.82) is 0 Å². The Bertz CT molecular complexity index is 486. The molecule has 0 aromatic heterocycles. The Morgan fingerprint density at radius 1 is 1.38 bits per heavy atom. The zero-order valence-corrected chi connectivity index (χ0v) is 15.1. The highest BCUT2D eigenvalue weighted by molar-refractivity contribution is 9.10. The van der Waals surface area contributed by atoms with Crippen molar-refractivity contribution >= 4 is 39.3 Å². The lowest BCUT2D eigenvalue weighted by Gasteiger charge is -2.43. The summed E-state index contributed by atoms with van der Waals surface area (Å²) in [5.41, 5.74) is 1.17. The lowest BCUT2D eigenvalue weighted by atomic mass is 9.86. The first-order valence-electron chi connectivity index (χ1n) is 7.43. The first-order valence-corrected chi connectivity index (χ1v) is 9.92. The fourth-order valence-corrected chi connectivity index (χ4v) is 5.00. The van der Waals surface area contributed by atoms with Crippen LogP contribution in [-0.2, 0) is 10.6 Å². The molecule has 5 heteroatoms. The van der Waals surface area contributed by atoms with Crippen molar-refractivity contribution in [3.05, 3.63) is 28.2 Å². The summed E-state index contributed by atoms with van der Waals surface area (Å²) in [4.78, 5) is 0. The summed E-state index contributed by atoms with van der Waals surface area (Å²) in [6.07, 6.45) is 4.55. The molecule has 2 nitrogen and oxygen atoms in total. The minimum absolute atomic E-state index is 0.0662. The number of halogens is 2. The summed E-state index contributed by atoms with van der Waals surface area (Å²) in [6, 6.07) is 6.08. The van der Waals surface area contributed by atoms with Crippen LogP contribution in [0.3, 0.4) is 0 Å². The van der Waals surface area contributed by atoms with Crippen molar-refractivity contribution in [3.8, 4) is 5.75 Å². The topological polar surface area (TPSA) is 18.5 Å². The second kappa shape index (κ2) is 7.12. The average molecular weight is 392 g/mol. The lowest BCUT2D eigenvalue weighted by Crippen LogP contribution is -2.46. The highest BCUT2D eigenvalue weighted by Crippen LogP contribution is 2.39. The quantitative estimate of drug-likeness (QED) is 0.675. The molecule has 2 aliphatic heterocycles. The molecule has 0 N–H and O–H groups in total. The van der Waals surface area contributed by atoms with E-state index in [1.807, 2.05) is 30.0 Å². The van der Waals surface area contributed by atoms with E-state index in [1.165, 1.54) is 11.5 Å². The maximum Gasteiger partial charge on any atom is 0.133 e. The average Bonchev–Trinajstić information content (AvgIpc) is 2.50. The lowest BCUT2D eigenvalue weighted by molar-refractivity contribution is -0.116. The maximum atomic E-state index is 6.24. The van der Waals surface area contributed by atoms with Gasteiger partial charge in [0.05, 0.1) is 16.7 Å². The van der Waals surface area contributed by atoms with Crippen LogP contribution in [0.2, 0.25) is 0 Å². The molecular weight excluding hydrogens is 372 g/mol. The molecule has 1 spiro atoms. The molecule has 2 fully saturated rings. The molecule has 21 heavy (non-hydrogen) atoms. The van der Waals surface area contributed by atoms with Gasteiger partial charge in [-0.1, -0.05) is 6.07 Å².